The highest BCUT2D eigenvalue weighted by molar-refractivity contribution is 6.31. The first-order valence-corrected chi connectivity index (χ1v) is 9.67. The van der Waals surface area contributed by atoms with Crippen LogP contribution in [0.4, 0.5) is 10.1 Å². The standard InChI is InChI=1S/C21H15ClFN5O2/c22-14-7-4-8-17(19(14)23)28-11-13(9-18(28)29)20-24-21(30-27-20)16-10-15(25-26-16)12-5-2-1-3-6-12/h1-8,10,13H,9,11H2,(H,25,26). The highest BCUT2D eigenvalue weighted by Crippen LogP contribution is 2.34. The van der Waals surface area contributed by atoms with Crippen LogP contribution in [0.5, 0.6) is 0 Å². The van der Waals surface area contributed by atoms with Crippen LogP contribution in [0.2, 0.25) is 5.02 Å². The van der Waals surface area contributed by atoms with Crippen molar-refractivity contribution in [1.29, 1.82) is 0 Å². The Bertz CT molecular complexity index is 1220. The van der Waals surface area contributed by atoms with Gasteiger partial charge in [0, 0.05) is 24.4 Å². The summed E-state index contributed by atoms with van der Waals surface area (Å²) in [4.78, 5) is 18.3. The molecule has 5 rings (SSSR count). The number of halogens is 2. The largest absolute Gasteiger partial charge is 0.332 e. The van der Waals surface area contributed by atoms with Crippen LogP contribution in [0.25, 0.3) is 22.8 Å². The van der Waals surface area contributed by atoms with Gasteiger partial charge in [0.2, 0.25) is 5.91 Å². The Hall–Kier alpha value is -3.52. The molecule has 9 heteroatoms. The number of nitrogens with zero attached hydrogens (tertiary/aromatic N) is 4. The number of hydrogen-bond donors (Lipinski definition) is 1. The van der Waals surface area contributed by atoms with Gasteiger partial charge in [-0.25, -0.2) is 4.39 Å². The minimum atomic E-state index is -0.618. The summed E-state index contributed by atoms with van der Waals surface area (Å²) < 4.78 is 19.7. The number of aromatic nitrogens is 4. The highest BCUT2D eigenvalue weighted by atomic mass is 35.5. The van der Waals surface area contributed by atoms with Gasteiger partial charge >= 0.3 is 0 Å². The summed E-state index contributed by atoms with van der Waals surface area (Å²) in [7, 11) is 0. The van der Waals surface area contributed by atoms with Crippen LogP contribution in [-0.2, 0) is 4.79 Å². The predicted octanol–water partition coefficient (Wildman–Crippen LogP) is 4.44. The zero-order chi connectivity index (χ0) is 20.7. The molecule has 3 heterocycles. The predicted molar refractivity (Wildman–Crippen MR) is 108 cm³/mol. The summed E-state index contributed by atoms with van der Waals surface area (Å²) in [5.74, 6) is -0.489. The Kier molecular flexibility index (Phi) is 4.55. The van der Waals surface area contributed by atoms with Crippen molar-refractivity contribution in [3.63, 3.8) is 0 Å². The second-order valence-electron chi connectivity index (χ2n) is 6.97. The number of carbonyl (C=O) groups excluding carboxylic acids is 1. The van der Waals surface area contributed by atoms with E-state index in [1.807, 2.05) is 36.4 Å². The SMILES string of the molecule is O=C1CC(c2noc(-c3cc(-c4ccccc4)n[nH]3)n2)CN1c1cccc(Cl)c1F. The molecule has 150 valence electrons. The van der Waals surface area contributed by atoms with Crippen molar-refractivity contribution in [1.82, 2.24) is 20.3 Å². The number of nitrogens with one attached hydrogen (secondary N) is 1. The molecule has 30 heavy (non-hydrogen) atoms. The number of H-pyrrole nitrogens is 1. The lowest BCUT2D eigenvalue weighted by Gasteiger charge is -2.17. The van der Waals surface area contributed by atoms with Crippen molar-refractivity contribution in [3.8, 4) is 22.8 Å². The second kappa shape index (κ2) is 7.38. The van der Waals surface area contributed by atoms with Crippen molar-refractivity contribution in [3.05, 3.63) is 71.3 Å². The third-order valence-electron chi connectivity index (χ3n) is 5.03. The fourth-order valence-electron chi connectivity index (χ4n) is 3.51. The van der Waals surface area contributed by atoms with E-state index in [0.717, 1.165) is 11.3 Å². The van der Waals surface area contributed by atoms with Crippen LogP contribution in [-0.4, -0.2) is 32.8 Å². The Morgan fingerprint density at radius 3 is 2.83 bits per heavy atom. The first-order valence-electron chi connectivity index (χ1n) is 9.29. The maximum atomic E-state index is 14.3. The topological polar surface area (TPSA) is 87.9 Å². The average molecular weight is 424 g/mol. The lowest BCUT2D eigenvalue weighted by atomic mass is 10.1. The van der Waals surface area contributed by atoms with Gasteiger partial charge in [-0.2, -0.15) is 10.1 Å². The van der Waals surface area contributed by atoms with Gasteiger partial charge in [0.25, 0.3) is 5.89 Å². The van der Waals surface area contributed by atoms with Crippen molar-refractivity contribution in [2.45, 2.75) is 12.3 Å². The maximum Gasteiger partial charge on any atom is 0.275 e. The van der Waals surface area contributed by atoms with Crippen LogP contribution < -0.4 is 4.90 Å². The van der Waals surface area contributed by atoms with E-state index in [9.17, 15) is 9.18 Å². The van der Waals surface area contributed by atoms with E-state index in [1.165, 1.54) is 17.0 Å². The van der Waals surface area contributed by atoms with E-state index in [-0.39, 0.29) is 41.4 Å². The molecule has 1 unspecified atom stereocenters. The Morgan fingerprint density at radius 2 is 2.00 bits per heavy atom. The zero-order valence-corrected chi connectivity index (χ0v) is 16.3. The summed E-state index contributed by atoms with van der Waals surface area (Å²) in [5, 5.41) is 11.2. The monoisotopic (exact) mass is 423 g/mol. The number of aromatic amines is 1. The van der Waals surface area contributed by atoms with E-state index in [2.05, 4.69) is 20.3 Å². The number of benzene rings is 2. The van der Waals surface area contributed by atoms with Crippen molar-refractivity contribution >= 4 is 23.2 Å². The molecule has 0 radical (unpaired) electrons. The molecular formula is C21H15ClFN5O2. The number of amides is 1. The molecule has 1 saturated heterocycles. The smallest absolute Gasteiger partial charge is 0.275 e. The van der Waals surface area contributed by atoms with Crippen molar-refractivity contribution in [2.24, 2.45) is 0 Å². The molecule has 1 N–H and O–H groups in total. The molecule has 0 aliphatic carbocycles. The van der Waals surface area contributed by atoms with E-state index in [1.54, 1.807) is 6.07 Å². The molecule has 4 aromatic rings. The Labute approximate surface area is 175 Å². The first kappa shape index (κ1) is 18.5. The minimum absolute atomic E-state index is 0.0286. The average Bonchev–Trinajstić information content (AvgIpc) is 3.50. The second-order valence-corrected chi connectivity index (χ2v) is 7.38. The van der Waals surface area contributed by atoms with Gasteiger partial charge in [-0.1, -0.05) is 53.2 Å². The summed E-state index contributed by atoms with van der Waals surface area (Å²) in [5.41, 5.74) is 2.44. The molecular weight excluding hydrogens is 409 g/mol. The molecule has 7 nitrogen and oxygen atoms in total. The molecule has 2 aromatic heterocycles. The van der Waals surface area contributed by atoms with Crippen LogP contribution in [0.3, 0.4) is 0 Å². The summed E-state index contributed by atoms with van der Waals surface area (Å²) >= 11 is 5.85. The molecule has 1 fully saturated rings. The molecule has 1 amide bonds. The highest BCUT2D eigenvalue weighted by Gasteiger charge is 2.36. The van der Waals surface area contributed by atoms with Gasteiger partial charge in [0.15, 0.2) is 11.6 Å². The number of carbonyl (C=O) groups is 1. The van der Waals surface area contributed by atoms with Gasteiger partial charge in [-0.05, 0) is 18.2 Å². The third kappa shape index (κ3) is 3.25. The summed E-state index contributed by atoms with van der Waals surface area (Å²) in [6, 6.07) is 16.1. The summed E-state index contributed by atoms with van der Waals surface area (Å²) in [6.07, 6.45) is 0.156. The number of anilines is 1. The fourth-order valence-corrected chi connectivity index (χ4v) is 3.68. The molecule has 0 bridgehead atoms. The Morgan fingerprint density at radius 1 is 1.17 bits per heavy atom. The molecule has 2 aromatic carbocycles. The van der Waals surface area contributed by atoms with Gasteiger partial charge in [-0.15, -0.1) is 0 Å². The molecule has 1 atom stereocenters. The van der Waals surface area contributed by atoms with Gasteiger partial charge in [0.1, 0.15) is 5.69 Å². The van der Waals surface area contributed by atoms with Crippen LogP contribution in [0.15, 0.2) is 59.1 Å². The molecule has 1 aliphatic heterocycles. The van der Waals surface area contributed by atoms with E-state index in [4.69, 9.17) is 16.1 Å². The van der Waals surface area contributed by atoms with E-state index in [0.29, 0.717) is 11.5 Å². The van der Waals surface area contributed by atoms with Crippen molar-refractivity contribution < 1.29 is 13.7 Å². The van der Waals surface area contributed by atoms with Crippen LogP contribution in [0, 0.1) is 5.82 Å². The van der Waals surface area contributed by atoms with Crippen LogP contribution in [0.1, 0.15) is 18.2 Å². The minimum Gasteiger partial charge on any atom is -0.332 e. The number of rotatable bonds is 4. The normalized spacial score (nSPS) is 16.4. The van der Waals surface area contributed by atoms with Crippen LogP contribution >= 0.6 is 11.6 Å². The fraction of sp³-hybridized carbons (Fsp3) is 0.143. The lowest BCUT2D eigenvalue weighted by molar-refractivity contribution is -0.117. The quantitative estimate of drug-likeness (QED) is 0.524. The van der Waals surface area contributed by atoms with E-state index >= 15 is 0 Å². The maximum absolute atomic E-state index is 14.3. The van der Waals surface area contributed by atoms with E-state index < -0.39 is 5.82 Å². The molecule has 0 saturated carbocycles. The van der Waals surface area contributed by atoms with Gasteiger partial charge < -0.3 is 9.42 Å². The number of hydrogen-bond acceptors (Lipinski definition) is 5. The van der Waals surface area contributed by atoms with Gasteiger partial charge in [-0.3, -0.25) is 9.89 Å². The van der Waals surface area contributed by atoms with Crippen molar-refractivity contribution in [2.75, 3.05) is 11.4 Å². The lowest BCUT2D eigenvalue weighted by Crippen LogP contribution is -2.25. The first-order chi connectivity index (χ1) is 14.6. The molecule has 1 aliphatic rings. The van der Waals surface area contributed by atoms with Gasteiger partial charge in [0.05, 0.1) is 16.4 Å². The molecule has 0 spiro atoms. The Balaban J connectivity index is 1.37. The third-order valence-corrected chi connectivity index (χ3v) is 5.32. The summed E-state index contributed by atoms with van der Waals surface area (Å²) in [6.45, 7) is 0.243. The zero-order valence-electron chi connectivity index (χ0n) is 15.5.